The lowest BCUT2D eigenvalue weighted by molar-refractivity contribution is 0.0696. The van der Waals surface area contributed by atoms with Crippen LogP contribution in [0.2, 0.25) is 10.2 Å². The summed E-state index contributed by atoms with van der Waals surface area (Å²) >= 11 is 12.6. The average molecular weight is 459 g/mol. The molecular weight excluding hydrogens is 443 g/mol. The minimum Gasteiger partial charge on any atom is -0.478 e. The molecule has 2 heterocycles. The number of aliphatic hydroxyl groups excluding tert-OH is 1. The van der Waals surface area contributed by atoms with Crippen molar-refractivity contribution in [3.8, 4) is 11.5 Å². The van der Waals surface area contributed by atoms with Crippen molar-refractivity contribution in [1.29, 1.82) is 0 Å². The number of benzene rings is 2. The molecule has 0 saturated carbocycles. The predicted octanol–water partition coefficient (Wildman–Crippen LogP) is 4.96. The Kier molecular flexibility index (Phi) is 5.94. The number of aliphatic hydroxyl groups is 1. The molecule has 158 valence electrons. The first-order valence-corrected chi connectivity index (χ1v) is 9.90. The highest BCUT2D eigenvalue weighted by Crippen LogP contribution is 2.34. The third-order valence-electron chi connectivity index (χ3n) is 4.46. The predicted molar refractivity (Wildman–Crippen MR) is 118 cm³/mol. The van der Waals surface area contributed by atoms with E-state index >= 15 is 0 Å². The van der Waals surface area contributed by atoms with Crippen molar-refractivity contribution in [1.82, 2.24) is 14.5 Å². The molecule has 0 aliphatic carbocycles. The Balaban J connectivity index is 1.61. The summed E-state index contributed by atoms with van der Waals surface area (Å²) in [5.74, 6) is 0.188. The van der Waals surface area contributed by atoms with Gasteiger partial charge in [-0.2, -0.15) is 0 Å². The number of hydrogen-bond acceptors (Lipinski definition) is 6. The van der Waals surface area contributed by atoms with Crippen LogP contribution < -0.4 is 10.1 Å². The Bertz CT molecular complexity index is 1280. The number of ether oxygens (including phenoxy) is 1. The molecule has 0 saturated heterocycles. The van der Waals surface area contributed by atoms with Crippen molar-refractivity contribution in [3.63, 3.8) is 0 Å². The summed E-state index contributed by atoms with van der Waals surface area (Å²) in [4.78, 5) is 19.6. The minimum atomic E-state index is -1.04. The number of aromatic nitrogens is 3. The lowest BCUT2D eigenvalue weighted by atomic mass is 10.2. The van der Waals surface area contributed by atoms with Gasteiger partial charge in [-0.3, -0.25) is 0 Å². The van der Waals surface area contributed by atoms with E-state index in [0.29, 0.717) is 50.8 Å². The van der Waals surface area contributed by atoms with E-state index in [1.54, 1.807) is 41.0 Å². The third kappa shape index (κ3) is 4.41. The fourth-order valence-electron chi connectivity index (χ4n) is 3.09. The minimum absolute atomic E-state index is 0.0845. The molecule has 10 heteroatoms. The summed E-state index contributed by atoms with van der Waals surface area (Å²) in [7, 11) is 0. The molecule has 2 aromatic heterocycles. The second-order valence-electron chi connectivity index (χ2n) is 6.50. The highest BCUT2D eigenvalue weighted by atomic mass is 35.5. The number of rotatable bonds is 7. The Morgan fingerprint density at radius 1 is 1.13 bits per heavy atom. The van der Waals surface area contributed by atoms with Gasteiger partial charge in [0.15, 0.2) is 5.82 Å². The van der Waals surface area contributed by atoms with Gasteiger partial charge in [-0.1, -0.05) is 29.3 Å². The molecule has 0 aliphatic heterocycles. The van der Waals surface area contributed by atoms with Gasteiger partial charge < -0.3 is 24.8 Å². The second kappa shape index (κ2) is 8.81. The second-order valence-corrected chi connectivity index (χ2v) is 7.30. The normalized spacial score (nSPS) is 10.9. The number of carboxylic acid groups (broad SMARTS) is 1. The Morgan fingerprint density at radius 2 is 1.97 bits per heavy atom. The van der Waals surface area contributed by atoms with Crippen LogP contribution in [0.5, 0.6) is 11.5 Å². The van der Waals surface area contributed by atoms with Gasteiger partial charge in [0.1, 0.15) is 28.5 Å². The van der Waals surface area contributed by atoms with E-state index in [2.05, 4.69) is 15.3 Å². The monoisotopic (exact) mass is 458 g/mol. The summed E-state index contributed by atoms with van der Waals surface area (Å²) in [6.45, 7) is 0.214. The van der Waals surface area contributed by atoms with Crippen LogP contribution in [0.3, 0.4) is 0 Å². The van der Waals surface area contributed by atoms with E-state index in [1.165, 1.54) is 18.5 Å². The number of aromatic carboxylic acids is 1. The molecule has 0 radical (unpaired) electrons. The van der Waals surface area contributed by atoms with Crippen LogP contribution in [0.15, 0.2) is 54.9 Å². The quantitative estimate of drug-likeness (QED) is 0.358. The van der Waals surface area contributed by atoms with Gasteiger partial charge >= 0.3 is 5.97 Å². The largest absolute Gasteiger partial charge is 0.478 e. The van der Waals surface area contributed by atoms with Crippen molar-refractivity contribution in [2.75, 3.05) is 11.9 Å². The summed E-state index contributed by atoms with van der Waals surface area (Å²) in [6.07, 6.45) is 1.42. The summed E-state index contributed by atoms with van der Waals surface area (Å²) in [6, 6.07) is 12.9. The van der Waals surface area contributed by atoms with Gasteiger partial charge in [-0.05, 0) is 36.4 Å². The Hall–Kier alpha value is -3.33. The van der Waals surface area contributed by atoms with Crippen LogP contribution >= 0.6 is 23.2 Å². The third-order valence-corrected chi connectivity index (χ3v) is 5.07. The maximum atomic E-state index is 11.1. The lowest BCUT2D eigenvalue weighted by Gasteiger charge is -2.12. The molecule has 3 N–H and O–H groups in total. The molecule has 0 bridgehead atoms. The number of nitrogens with zero attached hydrogens (tertiary/aromatic N) is 3. The maximum Gasteiger partial charge on any atom is 0.335 e. The lowest BCUT2D eigenvalue weighted by Crippen LogP contribution is -2.05. The molecule has 31 heavy (non-hydrogen) atoms. The molecule has 0 amide bonds. The van der Waals surface area contributed by atoms with Crippen LogP contribution in [0, 0.1) is 0 Å². The molecular formula is C21H16Cl2N4O4. The maximum absolute atomic E-state index is 11.1. The number of halogens is 2. The molecule has 4 aromatic rings. The number of nitrogens with one attached hydrogen (secondary N) is 1. The van der Waals surface area contributed by atoms with Crippen LogP contribution in [0.25, 0.3) is 11.0 Å². The number of hydrogen-bond donors (Lipinski definition) is 3. The van der Waals surface area contributed by atoms with Gasteiger partial charge in [0.05, 0.1) is 22.7 Å². The summed E-state index contributed by atoms with van der Waals surface area (Å²) < 4.78 is 7.45. The molecule has 0 fully saturated rings. The topological polar surface area (TPSA) is 110 Å². The van der Waals surface area contributed by atoms with Crippen molar-refractivity contribution in [2.45, 2.75) is 6.54 Å². The van der Waals surface area contributed by atoms with Gasteiger partial charge in [0.2, 0.25) is 0 Å². The van der Waals surface area contributed by atoms with E-state index in [0.717, 1.165) is 0 Å². The SMILES string of the molecule is O=C(O)c1cccc(Oc2ccc(Nc3ncnc4cc(Cl)n(CCO)c34)cc2Cl)c1. The first-order chi connectivity index (χ1) is 15.0. The summed E-state index contributed by atoms with van der Waals surface area (Å²) in [5.41, 5.74) is 2.05. The molecule has 4 rings (SSSR count). The van der Waals surface area contributed by atoms with E-state index in [1.807, 2.05) is 0 Å². The van der Waals surface area contributed by atoms with Crippen LogP contribution in [0.1, 0.15) is 10.4 Å². The van der Waals surface area contributed by atoms with Crippen LogP contribution in [0.4, 0.5) is 11.5 Å². The molecule has 0 aliphatic rings. The van der Waals surface area contributed by atoms with Gasteiger partial charge in [0, 0.05) is 18.3 Å². The van der Waals surface area contributed by atoms with Gasteiger partial charge in [-0.25, -0.2) is 14.8 Å². The zero-order valence-electron chi connectivity index (χ0n) is 15.9. The Labute approximate surface area is 186 Å². The number of anilines is 2. The van der Waals surface area contributed by atoms with E-state index in [-0.39, 0.29) is 12.2 Å². The average Bonchev–Trinajstić information content (AvgIpc) is 3.07. The Morgan fingerprint density at radius 3 is 2.71 bits per heavy atom. The smallest absolute Gasteiger partial charge is 0.335 e. The number of carboxylic acids is 1. The first-order valence-electron chi connectivity index (χ1n) is 9.14. The first kappa shape index (κ1) is 20.9. The molecule has 2 aromatic carbocycles. The van der Waals surface area contributed by atoms with Crippen molar-refractivity contribution < 1.29 is 19.7 Å². The highest BCUT2D eigenvalue weighted by molar-refractivity contribution is 6.32. The zero-order chi connectivity index (χ0) is 22.0. The van der Waals surface area contributed by atoms with E-state index < -0.39 is 5.97 Å². The van der Waals surface area contributed by atoms with Gasteiger partial charge in [-0.15, -0.1) is 0 Å². The zero-order valence-corrected chi connectivity index (χ0v) is 17.4. The van der Waals surface area contributed by atoms with Crippen molar-refractivity contribution in [3.05, 3.63) is 70.6 Å². The fourth-order valence-corrected chi connectivity index (χ4v) is 3.58. The number of fused-ring (bicyclic) bond motifs is 1. The standard InChI is InChI=1S/C21H16Cl2N4O4/c22-15-9-13(4-5-17(15)31-14-3-1-2-12(8-14)21(29)30)26-20-19-16(24-11-25-20)10-18(23)27(19)6-7-28/h1-5,8-11,28H,6-7H2,(H,29,30)(H,24,25,26). The van der Waals surface area contributed by atoms with Crippen LogP contribution in [-0.4, -0.2) is 37.3 Å². The van der Waals surface area contributed by atoms with Gasteiger partial charge in [0.25, 0.3) is 0 Å². The molecule has 0 spiro atoms. The van der Waals surface area contributed by atoms with E-state index in [4.69, 9.17) is 33.0 Å². The summed E-state index contributed by atoms with van der Waals surface area (Å²) in [5, 5.41) is 22.4. The van der Waals surface area contributed by atoms with Crippen molar-refractivity contribution in [2.24, 2.45) is 0 Å². The fraction of sp³-hybridized carbons (Fsp3) is 0.0952. The van der Waals surface area contributed by atoms with E-state index in [9.17, 15) is 9.90 Å². The van der Waals surface area contributed by atoms with Crippen molar-refractivity contribution >= 4 is 51.7 Å². The number of carbonyl (C=O) groups is 1. The molecule has 0 atom stereocenters. The highest BCUT2D eigenvalue weighted by Gasteiger charge is 2.14. The molecule has 0 unspecified atom stereocenters. The molecule has 8 nitrogen and oxygen atoms in total. The van der Waals surface area contributed by atoms with Crippen LogP contribution in [-0.2, 0) is 6.54 Å².